The Morgan fingerprint density at radius 2 is 1.65 bits per heavy atom. The van der Waals surface area contributed by atoms with Gasteiger partial charge in [-0.25, -0.2) is 0 Å². The smallest absolute Gasteiger partial charge is 0.00229 e. The molecule has 1 fully saturated rings. The van der Waals surface area contributed by atoms with E-state index in [0.717, 1.165) is 30.6 Å². The number of allylic oxidation sites excluding steroid dienone is 12. The van der Waals surface area contributed by atoms with Crippen molar-refractivity contribution in [3.63, 3.8) is 0 Å². The van der Waals surface area contributed by atoms with Crippen molar-refractivity contribution in [1.29, 1.82) is 0 Å². The Kier molecular flexibility index (Phi) is 15.7. The molecule has 0 spiro atoms. The number of hydrogen-bond donors (Lipinski definition) is 0. The zero-order chi connectivity index (χ0) is 35.4. The molecular formula is C48H72. The molecule has 0 bridgehead atoms. The lowest BCUT2D eigenvalue weighted by molar-refractivity contribution is 0.217. The van der Waals surface area contributed by atoms with Crippen LogP contribution in [0.1, 0.15) is 163 Å². The Balaban J connectivity index is 0.00000307. The van der Waals surface area contributed by atoms with Gasteiger partial charge < -0.3 is 0 Å². The Bertz CT molecular complexity index is 1350. The van der Waals surface area contributed by atoms with Crippen LogP contribution in [0.25, 0.3) is 5.57 Å². The maximum atomic E-state index is 4.57. The van der Waals surface area contributed by atoms with Crippen molar-refractivity contribution in [2.45, 2.75) is 152 Å². The van der Waals surface area contributed by atoms with E-state index >= 15 is 0 Å². The highest BCUT2D eigenvalue weighted by atomic mass is 14.3. The summed E-state index contributed by atoms with van der Waals surface area (Å²) in [7, 11) is 0. The molecule has 4 rings (SSSR count). The van der Waals surface area contributed by atoms with Gasteiger partial charge in [-0.3, -0.25) is 0 Å². The van der Waals surface area contributed by atoms with Gasteiger partial charge in [0.1, 0.15) is 0 Å². The molecule has 48 heavy (non-hydrogen) atoms. The number of benzene rings is 1. The fourth-order valence-corrected chi connectivity index (χ4v) is 8.54. The highest BCUT2D eigenvalue weighted by Crippen LogP contribution is 2.44. The molecule has 3 atom stereocenters. The lowest BCUT2D eigenvalue weighted by Gasteiger charge is -2.35. The van der Waals surface area contributed by atoms with Crippen molar-refractivity contribution in [1.82, 2.24) is 0 Å². The van der Waals surface area contributed by atoms with Crippen LogP contribution in [0.3, 0.4) is 0 Å². The highest BCUT2D eigenvalue weighted by Gasteiger charge is 2.30. The van der Waals surface area contributed by atoms with E-state index in [1.165, 1.54) is 103 Å². The molecule has 0 heterocycles. The summed E-state index contributed by atoms with van der Waals surface area (Å²) >= 11 is 0. The molecule has 0 unspecified atom stereocenters. The quantitative estimate of drug-likeness (QED) is 0.198. The van der Waals surface area contributed by atoms with Gasteiger partial charge in [-0.1, -0.05) is 154 Å². The minimum atomic E-state index is 0.360. The SMILES string of the molecule is C=C/C=C(\C)c1ccc([C@@H](CCC2CCC(CC)CC2)[C@@H](C)C/C(=C\C)C2=C/C(=C/C3=C(C)CC[C@H](C(C)(C)C)C3)C(=C)C2)cc1.CC. The van der Waals surface area contributed by atoms with E-state index in [9.17, 15) is 0 Å². The Morgan fingerprint density at radius 1 is 1.00 bits per heavy atom. The summed E-state index contributed by atoms with van der Waals surface area (Å²) in [5, 5.41) is 0. The van der Waals surface area contributed by atoms with Crippen LogP contribution in [-0.2, 0) is 0 Å². The van der Waals surface area contributed by atoms with Crippen molar-refractivity contribution < 1.29 is 0 Å². The van der Waals surface area contributed by atoms with Crippen LogP contribution < -0.4 is 0 Å². The third-order valence-corrected chi connectivity index (χ3v) is 12.2. The van der Waals surface area contributed by atoms with Gasteiger partial charge in [0, 0.05) is 0 Å². The lowest BCUT2D eigenvalue weighted by Crippen LogP contribution is -2.23. The first kappa shape index (κ1) is 39.8. The van der Waals surface area contributed by atoms with Gasteiger partial charge in [-0.05, 0) is 145 Å². The molecule has 0 N–H and O–H groups in total. The van der Waals surface area contributed by atoms with E-state index in [-0.39, 0.29) is 0 Å². The van der Waals surface area contributed by atoms with Crippen molar-refractivity contribution in [3.8, 4) is 0 Å². The van der Waals surface area contributed by atoms with E-state index in [1.54, 1.807) is 11.1 Å². The second-order valence-electron chi connectivity index (χ2n) is 16.3. The molecule has 0 aromatic heterocycles. The molecule has 0 saturated heterocycles. The summed E-state index contributed by atoms with van der Waals surface area (Å²) in [5.41, 5.74) is 13.3. The van der Waals surface area contributed by atoms with Gasteiger partial charge in [-0.15, -0.1) is 0 Å². The van der Waals surface area contributed by atoms with E-state index < -0.39 is 0 Å². The van der Waals surface area contributed by atoms with Crippen LogP contribution in [0.5, 0.6) is 0 Å². The topological polar surface area (TPSA) is 0 Å². The molecule has 0 heteroatoms. The van der Waals surface area contributed by atoms with Gasteiger partial charge in [0.05, 0.1) is 0 Å². The molecular weight excluding hydrogens is 577 g/mol. The van der Waals surface area contributed by atoms with Crippen molar-refractivity contribution in [3.05, 3.63) is 112 Å². The molecule has 1 saturated carbocycles. The van der Waals surface area contributed by atoms with Crippen molar-refractivity contribution >= 4 is 5.57 Å². The van der Waals surface area contributed by atoms with Crippen LogP contribution in [0.2, 0.25) is 0 Å². The summed E-state index contributed by atoms with van der Waals surface area (Å²) in [6.45, 7) is 31.4. The number of hydrogen-bond acceptors (Lipinski definition) is 0. The fourth-order valence-electron chi connectivity index (χ4n) is 8.54. The molecule has 1 aromatic carbocycles. The van der Waals surface area contributed by atoms with Crippen LogP contribution in [0, 0.1) is 29.1 Å². The van der Waals surface area contributed by atoms with Gasteiger partial charge in [0.25, 0.3) is 0 Å². The zero-order valence-corrected chi connectivity index (χ0v) is 33.0. The average molecular weight is 649 g/mol. The Hall–Kier alpha value is -2.60. The van der Waals surface area contributed by atoms with Gasteiger partial charge in [0.2, 0.25) is 0 Å². The van der Waals surface area contributed by atoms with Crippen molar-refractivity contribution in [2.24, 2.45) is 29.1 Å². The summed E-state index contributed by atoms with van der Waals surface area (Å²) < 4.78 is 0. The maximum Gasteiger partial charge on any atom is -0.00229 e. The zero-order valence-electron chi connectivity index (χ0n) is 33.0. The molecule has 3 aliphatic carbocycles. The predicted molar refractivity (Wildman–Crippen MR) is 216 cm³/mol. The Labute approximate surface area is 298 Å². The fraction of sp³-hybridized carbons (Fsp3) is 0.583. The van der Waals surface area contributed by atoms with Gasteiger partial charge >= 0.3 is 0 Å². The summed E-state index contributed by atoms with van der Waals surface area (Å²) in [6, 6.07) is 9.51. The van der Waals surface area contributed by atoms with E-state index in [0.29, 0.717) is 17.3 Å². The maximum absolute atomic E-state index is 4.57. The third kappa shape index (κ3) is 11.0. The first-order chi connectivity index (χ1) is 22.9. The highest BCUT2D eigenvalue weighted by molar-refractivity contribution is 5.65. The number of rotatable bonds is 12. The van der Waals surface area contributed by atoms with Gasteiger partial charge in [-0.2, -0.15) is 0 Å². The minimum absolute atomic E-state index is 0.360. The minimum Gasteiger partial charge on any atom is -0.0991 e. The van der Waals surface area contributed by atoms with E-state index in [4.69, 9.17) is 0 Å². The molecule has 0 amide bonds. The van der Waals surface area contributed by atoms with Gasteiger partial charge in [0.15, 0.2) is 0 Å². The van der Waals surface area contributed by atoms with Crippen LogP contribution in [-0.4, -0.2) is 0 Å². The molecule has 0 aliphatic heterocycles. The van der Waals surface area contributed by atoms with Crippen LogP contribution in [0.4, 0.5) is 0 Å². The summed E-state index contributed by atoms with van der Waals surface area (Å²) in [5.74, 6) is 3.77. The first-order valence-corrected chi connectivity index (χ1v) is 19.8. The first-order valence-electron chi connectivity index (χ1n) is 19.8. The third-order valence-electron chi connectivity index (χ3n) is 12.2. The van der Waals surface area contributed by atoms with E-state index in [2.05, 4.69) is 117 Å². The Morgan fingerprint density at radius 3 is 2.23 bits per heavy atom. The average Bonchev–Trinajstić information content (AvgIpc) is 3.45. The second-order valence-corrected chi connectivity index (χ2v) is 16.3. The second kappa shape index (κ2) is 19.0. The normalized spacial score (nSPS) is 24.6. The standard InChI is InChI=1S/C46H66.C2H6/c1-11-14-32(4)39-21-23-40(24-22-39)45(26-20-37-18-16-36(12-2)17-19-37)35(7)28-38(13-3)43-27-34(6)41(30-43)29-42-31-44(46(8,9)10)25-15-33(42)5;1-2/h11,13-14,21-24,29-30,35-37,44-45H,1,6,12,15-20,25-28,31H2,2-5,7-10H3;1-2H3/b32-14+,38-13+,41-29-;/t35-,36?,37?,44-,45-;/m0./s1. The molecule has 264 valence electrons. The monoisotopic (exact) mass is 649 g/mol. The van der Waals surface area contributed by atoms with Crippen molar-refractivity contribution in [2.75, 3.05) is 0 Å². The molecule has 3 aliphatic rings. The van der Waals surface area contributed by atoms with Crippen LogP contribution in [0.15, 0.2) is 101 Å². The van der Waals surface area contributed by atoms with E-state index in [1.807, 2.05) is 19.9 Å². The lowest BCUT2D eigenvalue weighted by atomic mass is 9.70. The predicted octanol–water partition coefficient (Wildman–Crippen LogP) is 15.3. The summed E-state index contributed by atoms with van der Waals surface area (Å²) in [6.07, 6.45) is 27.0. The van der Waals surface area contributed by atoms with Crippen LogP contribution >= 0.6 is 0 Å². The molecule has 1 aromatic rings. The largest absolute Gasteiger partial charge is 0.0991 e. The summed E-state index contributed by atoms with van der Waals surface area (Å²) in [4.78, 5) is 0. The molecule has 0 radical (unpaired) electrons. The molecule has 0 nitrogen and oxygen atoms in total.